The Balaban J connectivity index is 2.84. The van der Waals surface area contributed by atoms with Gasteiger partial charge in [0.15, 0.2) is 0 Å². The molecule has 0 saturated heterocycles. The van der Waals surface area contributed by atoms with Crippen molar-refractivity contribution in [2.24, 2.45) is 5.92 Å². The molecule has 1 aromatic carbocycles. The molecule has 3 nitrogen and oxygen atoms in total. The zero-order valence-corrected chi connectivity index (χ0v) is 8.43. The Morgan fingerprint density at radius 3 is 2.36 bits per heavy atom. The highest BCUT2D eigenvalue weighted by atomic mass is 16.6. The third-order valence-corrected chi connectivity index (χ3v) is 1.93. The number of hydrogen-bond acceptors (Lipinski definition) is 2. The van der Waals surface area contributed by atoms with Crippen LogP contribution in [0.2, 0.25) is 0 Å². The van der Waals surface area contributed by atoms with E-state index in [1.54, 1.807) is 12.1 Å². The van der Waals surface area contributed by atoms with Crippen molar-refractivity contribution in [2.75, 3.05) is 0 Å². The summed E-state index contributed by atoms with van der Waals surface area (Å²) in [6, 6.07) is 9.36. The van der Waals surface area contributed by atoms with Gasteiger partial charge in [0.05, 0.1) is 0 Å². The maximum Gasteiger partial charge on any atom is 0.320 e. The number of benzene rings is 1. The van der Waals surface area contributed by atoms with Gasteiger partial charge < -0.3 is 0 Å². The van der Waals surface area contributed by atoms with Gasteiger partial charge in [0.2, 0.25) is 0 Å². The van der Waals surface area contributed by atoms with Gasteiger partial charge in [0.1, 0.15) is 0 Å². The van der Waals surface area contributed by atoms with Crippen molar-refractivity contribution in [1.29, 1.82) is 0 Å². The van der Waals surface area contributed by atoms with Gasteiger partial charge in [-0.05, 0) is 5.92 Å². The molecule has 0 bridgehead atoms. The number of nitro groups is 1. The van der Waals surface area contributed by atoms with Crippen molar-refractivity contribution in [3.63, 3.8) is 0 Å². The van der Waals surface area contributed by atoms with Crippen LogP contribution < -0.4 is 0 Å². The van der Waals surface area contributed by atoms with Crippen LogP contribution in [0.5, 0.6) is 0 Å². The Kier molecular flexibility index (Phi) is 3.63. The van der Waals surface area contributed by atoms with Crippen LogP contribution in [0.1, 0.15) is 25.8 Å². The zero-order valence-electron chi connectivity index (χ0n) is 8.43. The summed E-state index contributed by atoms with van der Waals surface area (Å²) >= 11 is 0. The minimum atomic E-state index is -0.282. The highest BCUT2D eigenvalue weighted by molar-refractivity contribution is 5.26. The standard InChI is InChI=1S/C11H14NO2/c1-9(2)8-11(12(13)14)10-6-4-3-5-7-10/h3-7,9H,8H2,1-2H3. The summed E-state index contributed by atoms with van der Waals surface area (Å²) in [6.45, 7) is 3.96. The molecule has 0 fully saturated rings. The van der Waals surface area contributed by atoms with Gasteiger partial charge >= 0.3 is 6.04 Å². The monoisotopic (exact) mass is 192 g/mol. The van der Waals surface area contributed by atoms with Crippen LogP contribution in [-0.4, -0.2) is 4.92 Å². The van der Waals surface area contributed by atoms with E-state index in [-0.39, 0.29) is 4.92 Å². The van der Waals surface area contributed by atoms with Crippen LogP contribution in [0.4, 0.5) is 0 Å². The maximum absolute atomic E-state index is 10.8. The molecule has 0 amide bonds. The van der Waals surface area contributed by atoms with E-state index in [4.69, 9.17) is 0 Å². The van der Waals surface area contributed by atoms with Crippen molar-refractivity contribution in [3.05, 3.63) is 52.1 Å². The lowest BCUT2D eigenvalue weighted by atomic mass is 9.98. The van der Waals surface area contributed by atoms with Crippen molar-refractivity contribution >= 4 is 0 Å². The summed E-state index contributed by atoms with van der Waals surface area (Å²) in [5.74, 6) is 0.301. The maximum atomic E-state index is 10.8. The van der Waals surface area contributed by atoms with Crippen molar-refractivity contribution in [2.45, 2.75) is 20.3 Å². The normalized spacial score (nSPS) is 10.9. The van der Waals surface area contributed by atoms with E-state index in [0.29, 0.717) is 23.9 Å². The van der Waals surface area contributed by atoms with E-state index in [1.165, 1.54) is 0 Å². The predicted octanol–water partition coefficient (Wildman–Crippen LogP) is 2.89. The van der Waals surface area contributed by atoms with Gasteiger partial charge in [0.25, 0.3) is 0 Å². The van der Waals surface area contributed by atoms with Crippen LogP contribution in [0.25, 0.3) is 0 Å². The van der Waals surface area contributed by atoms with E-state index < -0.39 is 0 Å². The Morgan fingerprint density at radius 1 is 1.36 bits per heavy atom. The summed E-state index contributed by atoms with van der Waals surface area (Å²) in [4.78, 5) is 10.5. The first-order valence-corrected chi connectivity index (χ1v) is 4.67. The second-order valence-electron chi connectivity index (χ2n) is 3.67. The quantitative estimate of drug-likeness (QED) is 0.543. The molecule has 0 N–H and O–H groups in total. The fraction of sp³-hybridized carbons (Fsp3) is 0.364. The summed E-state index contributed by atoms with van der Waals surface area (Å²) in [7, 11) is 0. The Hall–Kier alpha value is -1.38. The molecule has 1 radical (unpaired) electrons. The molecular weight excluding hydrogens is 178 g/mol. The van der Waals surface area contributed by atoms with E-state index in [9.17, 15) is 10.1 Å². The molecule has 0 aliphatic rings. The van der Waals surface area contributed by atoms with E-state index in [2.05, 4.69) is 0 Å². The van der Waals surface area contributed by atoms with Gasteiger partial charge in [-0.25, -0.2) is 0 Å². The number of rotatable bonds is 4. The number of nitrogens with zero attached hydrogens (tertiary/aromatic N) is 1. The average Bonchev–Trinajstić information content (AvgIpc) is 2.15. The molecule has 0 aliphatic heterocycles. The van der Waals surface area contributed by atoms with Crippen molar-refractivity contribution < 1.29 is 4.92 Å². The lowest BCUT2D eigenvalue weighted by Crippen LogP contribution is -2.13. The Bertz CT molecular complexity index is 295. The highest BCUT2D eigenvalue weighted by Gasteiger charge is 2.26. The van der Waals surface area contributed by atoms with Gasteiger partial charge in [0, 0.05) is 16.9 Å². The first-order valence-electron chi connectivity index (χ1n) is 4.67. The second kappa shape index (κ2) is 4.74. The third kappa shape index (κ3) is 2.83. The topological polar surface area (TPSA) is 43.1 Å². The Labute approximate surface area is 83.9 Å². The minimum Gasteiger partial charge on any atom is -0.263 e. The van der Waals surface area contributed by atoms with Crippen LogP contribution in [0.15, 0.2) is 30.3 Å². The minimum absolute atomic E-state index is 0.282. The lowest BCUT2D eigenvalue weighted by molar-refractivity contribution is -0.461. The second-order valence-corrected chi connectivity index (χ2v) is 3.67. The number of hydrogen-bond donors (Lipinski definition) is 0. The molecule has 75 valence electrons. The van der Waals surface area contributed by atoms with Crippen molar-refractivity contribution in [1.82, 2.24) is 0 Å². The molecular formula is C11H14NO2. The molecule has 0 unspecified atom stereocenters. The first kappa shape index (κ1) is 10.7. The molecule has 1 rings (SSSR count). The smallest absolute Gasteiger partial charge is 0.263 e. The van der Waals surface area contributed by atoms with Crippen LogP contribution >= 0.6 is 0 Å². The van der Waals surface area contributed by atoms with Crippen LogP contribution in [-0.2, 0) is 0 Å². The fourth-order valence-electron chi connectivity index (χ4n) is 1.32. The van der Waals surface area contributed by atoms with Gasteiger partial charge in [-0.1, -0.05) is 44.2 Å². The van der Waals surface area contributed by atoms with E-state index in [0.717, 1.165) is 0 Å². The average molecular weight is 192 g/mol. The van der Waals surface area contributed by atoms with Gasteiger partial charge in [-0.3, -0.25) is 10.1 Å². The summed E-state index contributed by atoms with van der Waals surface area (Å²) in [6.07, 6.45) is 0.511. The van der Waals surface area contributed by atoms with E-state index in [1.807, 2.05) is 32.0 Å². The zero-order chi connectivity index (χ0) is 10.6. The molecule has 3 heteroatoms. The molecule has 0 aliphatic carbocycles. The third-order valence-electron chi connectivity index (χ3n) is 1.93. The molecule has 0 atom stereocenters. The molecule has 1 aromatic rings. The summed E-state index contributed by atoms with van der Waals surface area (Å²) < 4.78 is 0. The molecule has 0 spiro atoms. The highest BCUT2D eigenvalue weighted by Crippen LogP contribution is 2.22. The Morgan fingerprint density at radius 2 is 1.93 bits per heavy atom. The predicted molar refractivity (Wildman–Crippen MR) is 55.2 cm³/mol. The fourth-order valence-corrected chi connectivity index (χ4v) is 1.32. The SMILES string of the molecule is CC(C)C[C](c1ccccc1)[N+](=O)[O-]. The van der Waals surface area contributed by atoms with Crippen LogP contribution in [0.3, 0.4) is 0 Å². The molecule has 0 saturated carbocycles. The molecule has 0 aromatic heterocycles. The summed E-state index contributed by atoms with van der Waals surface area (Å²) in [5, 5.41) is 10.8. The van der Waals surface area contributed by atoms with E-state index >= 15 is 0 Å². The largest absolute Gasteiger partial charge is 0.320 e. The first-order chi connectivity index (χ1) is 6.61. The van der Waals surface area contributed by atoms with Gasteiger partial charge in [-0.15, -0.1) is 0 Å². The molecule has 0 heterocycles. The molecule has 14 heavy (non-hydrogen) atoms. The van der Waals surface area contributed by atoms with Crippen LogP contribution in [0, 0.1) is 22.1 Å². The van der Waals surface area contributed by atoms with Crippen molar-refractivity contribution in [3.8, 4) is 0 Å². The van der Waals surface area contributed by atoms with Gasteiger partial charge in [-0.2, -0.15) is 0 Å². The lowest BCUT2D eigenvalue weighted by Gasteiger charge is -2.09. The summed E-state index contributed by atoms with van der Waals surface area (Å²) in [5.41, 5.74) is 0.714.